The number of rotatable bonds is 23. The molecule has 0 saturated carbocycles. The second kappa shape index (κ2) is 29.9. The second-order valence-corrected chi connectivity index (χ2v) is 14.5. The number of esters is 1. The molecule has 2 aromatic carbocycles. The third-order valence-electron chi connectivity index (χ3n) is 9.70. The molecule has 11 nitrogen and oxygen atoms in total. The number of hydrogen-bond donors (Lipinski definition) is 4. The van der Waals surface area contributed by atoms with E-state index < -0.39 is 12.0 Å². The number of unbranched alkanes of at least 4 members (excludes halogenated alkanes) is 11. The van der Waals surface area contributed by atoms with Crippen molar-refractivity contribution in [1.82, 2.24) is 26.2 Å². The highest BCUT2D eigenvalue weighted by Gasteiger charge is 2.18. The van der Waals surface area contributed by atoms with Crippen LogP contribution in [0.25, 0.3) is 0 Å². The smallest absolute Gasteiger partial charge is 0.328 e. The molecular formula is C43H71N7O4. The summed E-state index contributed by atoms with van der Waals surface area (Å²) in [5, 5.41) is 22.0. The summed E-state index contributed by atoms with van der Waals surface area (Å²) in [5.74, 6) is 0.0834. The van der Waals surface area contributed by atoms with Gasteiger partial charge >= 0.3 is 5.97 Å². The number of ether oxygens (including phenoxy) is 2. The van der Waals surface area contributed by atoms with Crippen molar-refractivity contribution in [3.63, 3.8) is 0 Å². The lowest BCUT2D eigenvalue weighted by molar-refractivity contribution is -0.145. The highest BCUT2D eigenvalue weighted by atomic mass is 16.5. The molecule has 1 aliphatic rings. The minimum Gasteiger partial charge on any atom is -0.494 e. The fourth-order valence-electron chi connectivity index (χ4n) is 6.32. The Balaban J connectivity index is 1.25. The van der Waals surface area contributed by atoms with Crippen LogP contribution in [0.4, 0.5) is 11.4 Å². The van der Waals surface area contributed by atoms with Crippen LogP contribution in [0.1, 0.15) is 121 Å². The summed E-state index contributed by atoms with van der Waals surface area (Å²) in [7, 11) is 0. The van der Waals surface area contributed by atoms with Gasteiger partial charge < -0.3 is 35.6 Å². The summed E-state index contributed by atoms with van der Waals surface area (Å²) in [6.45, 7) is 14.8. The van der Waals surface area contributed by atoms with E-state index in [0.717, 1.165) is 89.6 Å². The lowest BCUT2D eigenvalue weighted by Gasteiger charge is -2.23. The van der Waals surface area contributed by atoms with Crippen LogP contribution < -0.4 is 26.0 Å². The first kappa shape index (κ1) is 45.0. The molecule has 0 radical (unpaired) electrons. The van der Waals surface area contributed by atoms with Crippen molar-refractivity contribution in [3.05, 3.63) is 54.1 Å². The molecule has 0 aromatic heterocycles. The van der Waals surface area contributed by atoms with Gasteiger partial charge in [0.05, 0.1) is 24.6 Å². The van der Waals surface area contributed by atoms with E-state index in [0.29, 0.717) is 24.5 Å². The second-order valence-electron chi connectivity index (χ2n) is 14.5. The van der Waals surface area contributed by atoms with Gasteiger partial charge in [0.15, 0.2) is 0 Å². The molecule has 1 saturated heterocycles. The van der Waals surface area contributed by atoms with Gasteiger partial charge in [-0.1, -0.05) is 71.1 Å². The Morgan fingerprint density at radius 3 is 1.89 bits per heavy atom. The molecule has 1 heterocycles. The molecule has 54 heavy (non-hydrogen) atoms. The molecule has 0 bridgehead atoms. The van der Waals surface area contributed by atoms with Crippen molar-refractivity contribution in [2.24, 2.45) is 10.2 Å². The van der Waals surface area contributed by atoms with E-state index in [1.54, 1.807) is 31.2 Å². The lowest BCUT2D eigenvalue weighted by Crippen LogP contribution is -2.39. The van der Waals surface area contributed by atoms with Crippen molar-refractivity contribution in [2.75, 3.05) is 72.1 Å². The van der Waals surface area contributed by atoms with Crippen molar-refractivity contribution in [1.29, 1.82) is 0 Å². The molecule has 0 spiro atoms. The van der Waals surface area contributed by atoms with Crippen LogP contribution in [0.15, 0.2) is 58.8 Å². The number of benzene rings is 2. The number of carbonyl (C=O) groups excluding carboxylic acids is 2. The molecule has 3 rings (SSSR count). The van der Waals surface area contributed by atoms with E-state index in [-0.39, 0.29) is 5.91 Å². The van der Waals surface area contributed by atoms with E-state index in [1.807, 2.05) is 24.3 Å². The van der Waals surface area contributed by atoms with Gasteiger partial charge in [-0.15, -0.1) is 0 Å². The lowest BCUT2D eigenvalue weighted by atomic mass is 10.1. The highest BCUT2D eigenvalue weighted by molar-refractivity contribution is 5.96. The van der Waals surface area contributed by atoms with Gasteiger partial charge in [-0.25, -0.2) is 4.79 Å². The molecule has 1 atom stereocenters. The maximum Gasteiger partial charge on any atom is 0.328 e. The molecule has 1 aliphatic heterocycles. The molecule has 302 valence electrons. The van der Waals surface area contributed by atoms with Gasteiger partial charge in [-0.05, 0) is 120 Å². The maximum atomic E-state index is 12.7. The summed E-state index contributed by atoms with van der Waals surface area (Å²) in [6.07, 6.45) is 17.9. The fourth-order valence-corrected chi connectivity index (χ4v) is 6.32. The Labute approximate surface area is 326 Å². The summed E-state index contributed by atoms with van der Waals surface area (Å²) in [5.41, 5.74) is 1.78. The van der Waals surface area contributed by atoms with Gasteiger partial charge in [0, 0.05) is 31.7 Å². The zero-order valence-electron chi connectivity index (χ0n) is 33.6. The molecule has 1 unspecified atom stereocenters. The Bertz CT molecular complexity index is 1260. The minimum atomic E-state index is -0.723. The van der Waals surface area contributed by atoms with Crippen LogP contribution in [0, 0.1) is 0 Å². The topological polar surface area (TPSA) is 129 Å². The number of nitrogens with zero attached hydrogens (tertiary/aromatic N) is 3. The molecule has 11 heteroatoms. The molecule has 0 aliphatic carbocycles. The van der Waals surface area contributed by atoms with Crippen LogP contribution in [-0.2, 0) is 9.53 Å². The van der Waals surface area contributed by atoms with Gasteiger partial charge in [-0.2, -0.15) is 10.2 Å². The van der Waals surface area contributed by atoms with Crippen molar-refractivity contribution < 1.29 is 19.1 Å². The monoisotopic (exact) mass is 750 g/mol. The quantitative estimate of drug-likeness (QED) is 0.0510. The van der Waals surface area contributed by atoms with Crippen molar-refractivity contribution in [3.8, 4) is 5.75 Å². The van der Waals surface area contributed by atoms with Gasteiger partial charge in [0.1, 0.15) is 11.8 Å². The third kappa shape index (κ3) is 21.5. The van der Waals surface area contributed by atoms with E-state index in [1.165, 1.54) is 77.0 Å². The molecule has 1 fully saturated rings. The zero-order valence-corrected chi connectivity index (χ0v) is 33.6. The average molecular weight is 750 g/mol. The van der Waals surface area contributed by atoms with Gasteiger partial charge in [0.25, 0.3) is 5.91 Å². The molecule has 1 amide bonds. The number of amides is 1. The van der Waals surface area contributed by atoms with Crippen LogP contribution in [0.5, 0.6) is 5.75 Å². The van der Waals surface area contributed by atoms with E-state index in [9.17, 15) is 9.59 Å². The molecule has 2 aromatic rings. The van der Waals surface area contributed by atoms with Crippen LogP contribution in [-0.4, -0.2) is 94.9 Å². The van der Waals surface area contributed by atoms with Crippen molar-refractivity contribution >= 4 is 23.3 Å². The first-order chi connectivity index (χ1) is 26.5. The highest BCUT2D eigenvalue weighted by Crippen LogP contribution is 2.22. The van der Waals surface area contributed by atoms with E-state index in [4.69, 9.17) is 9.47 Å². The largest absolute Gasteiger partial charge is 0.494 e. The summed E-state index contributed by atoms with van der Waals surface area (Å²) in [4.78, 5) is 27.7. The van der Waals surface area contributed by atoms with Gasteiger partial charge in [0.2, 0.25) is 0 Å². The summed E-state index contributed by atoms with van der Waals surface area (Å²) < 4.78 is 11.4. The Morgan fingerprint density at radius 1 is 0.667 bits per heavy atom. The van der Waals surface area contributed by atoms with E-state index in [2.05, 4.69) is 43.3 Å². The number of carbonyl (C=O) groups is 2. The third-order valence-corrected chi connectivity index (χ3v) is 9.70. The predicted molar refractivity (Wildman–Crippen MR) is 220 cm³/mol. The SMILES string of the molecule is CCCCCCCCCCCOC(=O)C(C)NC(=O)c1ccc(N=Nc2ccc(OCCCCCCN3CCCNCCNCCCNCC3)cc2)cc1. The van der Waals surface area contributed by atoms with Crippen LogP contribution in [0.3, 0.4) is 0 Å². The molecule has 4 N–H and O–H groups in total. The minimum absolute atomic E-state index is 0.333. The Kier molecular flexibility index (Phi) is 24.9. The number of nitrogens with one attached hydrogen (secondary N) is 4. The number of hydrogen-bond acceptors (Lipinski definition) is 10. The fraction of sp³-hybridized carbons (Fsp3) is 0.674. The van der Waals surface area contributed by atoms with Crippen LogP contribution in [0.2, 0.25) is 0 Å². The normalized spacial score (nSPS) is 15.7. The van der Waals surface area contributed by atoms with Crippen molar-refractivity contribution in [2.45, 2.75) is 116 Å². The summed E-state index contributed by atoms with van der Waals surface area (Å²) in [6, 6.07) is 13.7. The number of azo groups is 1. The average Bonchev–Trinajstić information content (AvgIpc) is 3.19. The summed E-state index contributed by atoms with van der Waals surface area (Å²) >= 11 is 0. The Hall–Kier alpha value is -3.38. The zero-order chi connectivity index (χ0) is 38.3. The molecular weight excluding hydrogens is 679 g/mol. The first-order valence-corrected chi connectivity index (χ1v) is 21.1. The standard InChI is InChI=1S/C43H71N7O4/c1-3-4-5-6-7-8-9-11-15-36-54-43(52)37(2)47-42(51)38-18-20-39(21-19-38)48-49-40-22-24-41(25-23-40)53-35-14-12-10-13-32-50-33-17-28-45-30-29-44-26-16-27-46-31-34-50/h18-25,37,44-46H,3-17,26-36H2,1-2H3,(H,47,51). The maximum absolute atomic E-state index is 12.7. The van der Waals surface area contributed by atoms with E-state index >= 15 is 0 Å². The first-order valence-electron chi connectivity index (χ1n) is 21.1. The van der Waals surface area contributed by atoms with Crippen LogP contribution >= 0.6 is 0 Å². The predicted octanol–water partition coefficient (Wildman–Crippen LogP) is 8.10. The Morgan fingerprint density at radius 2 is 1.22 bits per heavy atom. The van der Waals surface area contributed by atoms with Gasteiger partial charge in [-0.3, -0.25) is 4.79 Å².